The molecule has 2 aromatic carbocycles. The molecule has 1 saturated heterocycles. The lowest BCUT2D eigenvalue weighted by molar-refractivity contribution is -0.122. The number of halogens is 1. The normalized spacial score (nSPS) is 18.6. The van der Waals surface area contributed by atoms with Gasteiger partial charge in [0.15, 0.2) is 4.80 Å². The van der Waals surface area contributed by atoms with Gasteiger partial charge in [-0.05, 0) is 50.5 Å². The number of carbonyl (C=O) groups excluding carboxylic acids is 1. The van der Waals surface area contributed by atoms with Crippen molar-refractivity contribution >= 4 is 49.1 Å². The van der Waals surface area contributed by atoms with E-state index in [4.69, 9.17) is 11.6 Å². The predicted octanol–water partition coefficient (Wildman–Crippen LogP) is 4.04. The lowest BCUT2D eigenvalue weighted by atomic mass is 9.99. The molecule has 0 radical (unpaired) electrons. The maximum atomic E-state index is 13.0. The summed E-state index contributed by atoms with van der Waals surface area (Å²) in [7, 11) is -1.77. The number of benzene rings is 2. The summed E-state index contributed by atoms with van der Waals surface area (Å²) in [6, 6.07) is 10.6. The van der Waals surface area contributed by atoms with Crippen LogP contribution in [-0.2, 0) is 21.9 Å². The maximum absolute atomic E-state index is 13.0. The van der Waals surface area contributed by atoms with Gasteiger partial charge in [-0.2, -0.15) is 9.30 Å². The second-order valence-corrected chi connectivity index (χ2v) is 11.3. The lowest BCUT2D eigenvalue weighted by Crippen LogP contribution is -2.42. The van der Waals surface area contributed by atoms with Crippen LogP contribution in [0.2, 0.25) is 5.02 Å². The molecule has 2 heterocycles. The van der Waals surface area contributed by atoms with E-state index in [1.54, 1.807) is 24.3 Å². The number of aryl methyl sites for hydroxylation is 3. The van der Waals surface area contributed by atoms with Gasteiger partial charge in [0.1, 0.15) is 0 Å². The van der Waals surface area contributed by atoms with Crippen LogP contribution in [0.1, 0.15) is 24.0 Å². The first-order valence-corrected chi connectivity index (χ1v) is 12.7. The van der Waals surface area contributed by atoms with Crippen LogP contribution in [0.4, 0.5) is 0 Å². The van der Waals surface area contributed by atoms with Gasteiger partial charge in [0.25, 0.3) is 5.91 Å². The van der Waals surface area contributed by atoms with Crippen LogP contribution in [0, 0.1) is 19.8 Å². The largest absolute Gasteiger partial charge is 0.319 e. The van der Waals surface area contributed by atoms with Crippen molar-refractivity contribution in [3.05, 3.63) is 57.3 Å². The Bertz CT molecular complexity index is 1320. The van der Waals surface area contributed by atoms with Crippen LogP contribution in [0.5, 0.6) is 0 Å². The second-order valence-electron chi connectivity index (χ2n) is 7.95. The first kappa shape index (κ1) is 22.2. The molecule has 3 aromatic rings. The standard InChI is InChI=1S/C22H24ClN3O3S2/c1-14-6-9-17(10-7-14)31(28,29)26-12-4-5-16(13-26)21(27)24-22-25(3)19-15(2)8-11-18(23)20(19)30-22/h6-11,16H,4-5,12-13H2,1-3H3. The van der Waals surface area contributed by atoms with Crippen molar-refractivity contribution in [3.63, 3.8) is 0 Å². The van der Waals surface area contributed by atoms with Crippen LogP contribution in [0.25, 0.3) is 10.2 Å². The average Bonchev–Trinajstić information content (AvgIpc) is 3.08. The third-order valence-electron chi connectivity index (χ3n) is 5.70. The molecular weight excluding hydrogens is 454 g/mol. The van der Waals surface area contributed by atoms with E-state index in [-0.39, 0.29) is 17.3 Å². The van der Waals surface area contributed by atoms with Gasteiger partial charge in [0.05, 0.1) is 26.1 Å². The van der Waals surface area contributed by atoms with Gasteiger partial charge >= 0.3 is 0 Å². The van der Waals surface area contributed by atoms with Crippen LogP contribution < -0.4 is 4.80 Å². The Morgan fingerprint density at radius 1 is 1.16 bits per heavy atom. The topological polar surface area (TPSA) is 71.7 Å². The number of nitrogens with zero attached hydrogens (tertiary/aromatic N) is 3. The number of amides is 1. The summed E-state index contributed by atoms with van der Waals surface area (Å²) in [5, 5.41) is 0.628. The van der Waals surface area contributed by atoms with E-state index in [0.29, 0.717) is 29.2 Å². The molecule has 1 aliphatic rings. The van der Waals surface area contributed by atoms with Crippen molar-refractivity contribution in [2.45, 2.75) is 31.6 Å². The highest BCUT2D eigenvalue weighted by Gasteiger charge is 2.33. The summed E-state index contributed by atoms with van der Waals surface area (Å²) in [4.78, 5) is 18.2. The van der Waals surface area contributed by atoms with E-state index in [2.05, 4.69) is 4.99 Å². The molecule has 1 fully saturated rings. The minimum absolute atomic E-state index is 0.146. The summed E-state index contributed by atoms with van der Waals surface area (Å²) in [6.07, 6.45) is 1.25. The SMILES string of the molecule is Cc1ccc(S(=O)(=O)N2CCCC(C(=O)N=c3sc4c(Cl)ccc(C)c4n3C)C2)cc1. The number of sulfonamides is 1. The van der Waals surface area contributed by atoms with Gasteiger partial charge in [0, 0.05) is 20.1 Å². The highest BCUT2D eigenvalue weighted by Crippen LogP contribution is 2.29. The van der Waals surface area contributed by atoms with E-state index < -0.39 is 15.9 Å². The third-order valence-corrected chi connectivity index (χ3v) is 9.17. The Kier molecular flexibility index (Phi) is 6.09. The summed E-state index contributed by atoms with van der Waals surface area (Å²) in [5.41, 5.74) is 3.01. The van der Waals surface area contributed by atoms with Gasteiger partial charge in [-0.25, -0.2) is 8.42 Å². The first-order valence-electron chi connectivity index (χ1n) is 10.1. The number of rotatable bonds is 3. The molecule has 6 nitrogen and oxygen atoms in total. The molecule has 31 heavy (non-hydrogen) atoms. The van der Waals surface area contributed by atoms with E-state index in [1.165, 1.54) is 15.6 Å². The molecule has 0 aliphatic carbocycles. The number of hydrogen-bond acceptors (Lipinski definition) is 4. The molecule has 1 amide bonds. The smallest absolute Gasteiger partial charge is 0.252 e. The van der Waals surface area contributed by atoms with E-state index in [1.807, 2.05) is 37.6 Å². The van der Waals surface area contributed by atoms with Crippen molar-refractivity contribution in [1.82, 2.24) is 8.87 Å². The van der Waals surface area contributed by atoms with Crippen molar-refractivity contribution in [1.29, 1.82) is 0 Å². The molecule has 9 heteroatoms. The predicted molar refractivity (Wildman–Crippen MR) is 124 cm³/mol. The fraction of sp³-hybridized carbons (Fsp3) is 0.364. The van der Waals surface area contributed by atoms with Gasteiger partial charge in [-0.3, -0.25) is 4.79 Å². The van der Waals surface area contributed by atoms with E-state index in [0.717, 1.165) is 21.3 Å². The lowest BCUT2D eigenvalue weighted by Gasteiger charge is -2.30. The molecule has 164 valence electrons. The zero-order chi connectivity index (χ0) is 22.3. The zero-order valence-electron chi connectivity index (χ0n) is 17.6. The molecule has 0 N–H and O–H groups in total. The van der Waals surface area contributed by atoms with Crippen molar-refractivity contribution < 1.29 is 13.2 Å². The van der Waals surface area contributed by atoms with Gasteiger partial charge in [0.2, 0.25) is 10.0 Å². The summed E-state index contributed by atoms with van der Waals surface area (Å²) in [5.74, 6) is -0.754. The van der Waals surface area contributed by atoms with E-state index >= 15 is 0 Å². The number of fused-ring (bicyclic) bond motifs is 1. The summed E-state index contributed by atoms with van der Waals surface area (Å²) in [6.45, 7) is 4.46. The van der Waals surface area contributed by atoms with Gasteiger partial charge < -0.3 is 4.57 Å². The average molecular weight is 478 g/mol. The van der Waals surface area contributed by atoms with Crippen LogP contribution in [-0.4, -0.2) is 36.3 Å². The number of carbonyl (C=O) groups is 1. The molecule has 0 bridgehead atoms. The Morgan fingerprint density at radius 3 is 2.55 bits per heavy atom. The molecule has 1 aliphatic heterocycles. The Hall–Kier alpha value is -2.00. The summed E-state index contributed by atoms with van der Waals surface area (Å²) >= 11 is 7.71. The van der Waals surface area contributed by atoms with Crippen molar-refractivity contribution in [2.24, 2.45) is 18.0 Å². The highest BCUT2D eigenvalue weighted by atomic mass is 35.5. The maximum Gasteiger partial charge on any atom is 0.252 e. The van der Waals surface area contributed by atoms with E-state index in [9.17, 15) is 13.2 Å². The number of piperidine rings is 1. The fourth-order valence-electron chi connectivity index (χ4n) is 3.92. The quantitative estimate of drug-likeness (QED) is 0.571. The number of hydrogen-bond donors (Lipinski definition) is 0. The Morgan fingerprint density at radius 2 is 1.87 bits per heavy atom. The van der Waals surface area contributed by atoms with Gasteiger partial charge in [-0.1, -0.05) is 46.7 Å². The minimum Gasteiger partial charge on any atom is -0.319 e. The first-order chi connectivity index (χ1) is 14.7. The van der Waals surface area contributed by atoms with Crippen LogP contribution >= 0.6 is 22.9 Å². The molecule has 1 unspecified atom stereocenters. The Balaban J connectivity index is 1.62. The molecule has 0 saturated carbocycles. The molecule has 4 rings (SSSR count). The van der Waals surface area contributed by atoms with Crippen LogP contribution in [0.15, 0.2) is 46.3 Å². The number of thiazole rings is 1. The highest BCUT2D eigenvalue weighted by molar-refractivity contribution is 7.89. The molecule has 0 spiro atoms. The van der Waals surface area contributed by atoms with Crippen molar-refractivity contribution in [2.75, 3.05) is 13.1 Å². The summed E-state index contributed by atoms with van der Waals surface area (Å²) < 4.78 is 30.3. The number of aromatic nitrogens is 1. The fourth-order valence-corrected chi connectivity index (χ4v) is 6.82. The van der Waals surface area contributed by atoms with Crippen LogP contribution in [0.3, 0.4) is 0 Å². The zero-order valence-corrected chi connectivity index (χ0v) is 20.0. The minimum atomic E-state index is -3.64. The van der Waals surface area contributed by atoms with Crippen molar-refractivity contribution in [3.8, 4) is 0 Å². The van der Waals surface area contributed by atoms with Gasteiger partial charge in [-0.15, -0.1) is 0 Å². The second kappa shape index (κ2) is 8.50. The molecule has 1 atom stereocenters. The monoisotopic (exact) mass is 477 g/mol. The Labute approximate surface area is 190 Å². The molecule has 1 aromatic heterocycles. The molecular formula is C22H24ClN3O3S2. The third kappa shape index (κ3) is 4.22.